The van der Waals surface area contributed by atoms with Gasteiger partial charge in [0.2, 0.25) is 36.4 Å². The van der Waals surface area contributed by atoms with E-state index in [0.717, 1.165) is 14.7 Å². The summed E-state index contributed by atoms with van der Waals surface area (Å²) in [5, 5.41) is 29.7. The molecule has 2 aliphatic rings. The number of carbonyl (C=O) groups excluding carboxylic acids is 9. The SMILES string of the molecule is C/C(=C(\CCOC(=O)C(C)C)SS/C(CCOC(=O)C(C)C)=C(/C)N(C=O)Cc1cnc(C)nc1N)N(C=O)Cc1cnc(C)nc1N.CN1C(=O)C[C@@H](C(=O)N[C@@H](Cc2cnc[nH]2)C(=O)N2CCC[C@H]2C(N)=O)NC1=O.N#CC(C#N)=C(C#N)CN.[Rb+]. The third-order valence-electron chi connectivity index (χ3n) is 13.0. The number of likely N-dealkylation sites (tertiary alicyclic amines) is 1. The Hall–Kier alpha value is -7.64. The number of aromatic amines is 1. The van der Waals surface area contributed by atoms with E-state index in [1.165, 1.54) is 55.9 Å². The van der Waals surface area contributed by atoms with E-state index in [2.05, 4.69) is 40.5 Å². The van der Waals surface area contributed by atoms with E-state index >= 15 is 0 Å². The van der Waals surface area contributed by atoms with Crippen molar-refractivity contribution in [2.24, 2.45) is 23.3 Å². The van der Waals surface area contributed by atoms with Crippen LogP contribution in [0, 0.1) is 59.7 Å². The number of nitrogens with two attached hydrogens (primary N) is 4. The molecule has 2 fully saturated rings. The Labute approximate surface area is 566 Å². The maximum absolute atomic E-state index is 13.1. The number of imidazole rings is 1. The molecule has 2 saturated heterocycles. The first-order valence-corrected chi connectivity index (χ1v) is 29.2. The average Bonchev–Trinajstić information content (AvgIpc) is 4.25. The molecule has 0 bridgehead atoms. The molecule has 30 nitrogen and oxygen atoms in total. The van der Waals surface area contributed by atoms with E-state index in [4.69, 9.17) is 48.2 Å². The molecule has 3 atom stereocenters. The van der Waals surface area contributed by atoms with Crippen molar-refractivity contribution in [2.75, 3.05) is 44.8 Å². The van der Waals surface area contributed by atoms with E-state index in [1.807, 2.05) is 0 Å². The molecule has 0 unspecified atom stereocenters. The number of H-pyrrole nitrogens is 1. The number of rotatable bonds is 26. The first-order chi connectivity index (χ1) is 41.2. The number of allylic oxidation sites excluding steroid dienone is 3. The molecule has 2 aliphatic heterocycles. The zero-order valence-electron chi connectivity index (χ0n) is 50.8. The summed E-state index contributed by atoms with van der Waals surface area (Å²) in [5.41, 5.74) is 25.4. The van der Waals surface area contributed by atoms with Crippen LogP contribution >= 0.6 is 21.6 Å². The van der Waals surface area contributed by atoms with E-state index in [1.54, 1.807) is 86.0 Å². The predicted molar refractivity (Wildman–Crippen MR) is 318 cm³/mol. The predicted octanol–water partition coefficient (Wildman–Crippen LogP) is -0.642. The van der Waals surface area contributed by atoms with Gasteiger partial charge < -0.3 is 62.7 Å². The summed E-state index contributed by atoms with van der Waals surface area (Å²) in [6, 6.07) is 1.28. The summed E-state index contributed by atoms with van der Waals surface area (Å²) in [7, 11) is 4.00. The van der Waals surface area contributed by atoms with Crippen LogP contribution in [0.15, 0.2) is 57.3 Å². The number of imide groups is 1. The van der Waals surface area contributed by atoms with Crippen LogP contribution in [0.5, 0.6) is 0 Å². The number of esters is 2. The normalized spacial score (nSPS) is 15.0. The standard InChI is InChI=1S/C32H46N8O6S2.C17H23N7O5.C6H4N4.Rb/c1-19(2)31(43)45-11-9-27(21(5)39(17-41)15-25-13-35-23(7)37-29(25)33)47-48-28(10-12-46-32(44)20(3)4)22(6)40(18-42)16-26-14-36-24(8)38-30(26)34;1-23-13(25)6-10(22-17(23)29)15(27)21-11(5-9-7-19-8-20-9)16(28)24-4-2-3-12(24)14(18)26;7-1-5(2-8)6(3-9)4-10;/h13-14,17-20H,9-12,15-16H2,1-8H3,(H2,33,35,37)(H2,34,36,38);7-8,10-12H,2-6H2,1H3,(H2,18,26)(H,19,20)(H,21,27)(H,22,29);1,7H2;/q;;;+1/b27-21-,28-22-;;;/t;10-,11-,12-;;/m.0../s1. The van der Waals surface area contributed by atoms with Crippen LogP contribution in [0.2, 0.25) is 0 Å². The Morgan fingerprint density at radius 1 is 0.841 bits per heavy atom. The number of primary amides is 1. The molecule has 5 rings (SSSR count). The average molecular weight is 1330 g/mol. The van der Waals surface area contributed by atoms with Gasteiger partial charge in [0.15, 0.2) is 0 Å². The number of nitrogens with one attached hydrogen (secondary N) is 3. The Morgan fingerprint density at radius 2 is 1.34 bits per heavy atom. The molecule has 0 aliphatic carbocycles. The summed E-state index contributed by atoms with van der Waals surface area (Å²) in [4.78, 5) is 140. The van der Waals surface area contributed by atoms with Gasteiger partial charge in [0.25, 0.3) is 0 Å². The number of nitrogens with zero attached hydrogens (tertiary/aromatic N) is 12. The fourth-order valence-electron chi connectivity index (χ4n) is 7.77. The van der Waals surface area contributed by atoms with Crippen molar-refractivity contribution in [3.05, 3.63) is 85.7 Å². The van der Waals surface area contributed by atoms with Gasteiger partial charge in [0.1, 0.15) is 59.1 Å². The smallest absolute Gasteiger partial charge is 0.465 e. The fourth-order valence-corrected chi connectivity index (χ4v) is 10.6. The molecule has 0 spiro atoms. The summed E-state index contributed by atoms with van der Waals surface area (Å²) >= 11 is 0. The van der Waals surface area contributed by atoms with Gasteiger partial charge in [-0.25, -0.2) is 29.7 Å². The van der Waals surface area contributed by atoms with Gasteiger partial charge >= 0.3 is 76.2 Å². The van der Waals surface area contributed by atoms with Crippen LogP contribution in [0.3, 0.4) is 0 Å². The van der Waals surface area contributed by atoms with Crippen LogP contribution in [0.25, 0.3) is 0 Å². The summed E-state index contributed by atoms with van der Waals surface area (Å²) in [6.45, 7) is 14.7. The number of urea groups is 1. The minimum Gasteiger partial charge on any atom is -0.465 e. The number of nitriles is 3. The molecule has 0 radical (unpaired) electrons. The van der Waals surface area contributed by atoms with Crippen molar-refractivity contribution in [3.8, 4) is 18.2 Å². The van der Waals surface area contributed by atoms with Crippen molar-refractivity contribution >= 4 is 87.6 Å². The van der Waals surface area contributed by atoms with Crippen LogP contribution in [0.4, 0.5) is 16.4 Å². The number of nitrogen functional groups attached to an aromatic ring is 2. The van der Waals surface area contributed by atoms with Crippen molar-refractivity contribution in [3.63, 3.8) is 0 Å². The molecule has 466 valence electrons. The Morgan fingerprint density at radius 3 is 1.72 bits per heavy atom. The third kappa shape index (κ3) is 23.8. The number of aryl methyl sites for hydroxylation is 2. The van der Waals surface area contributed by atoms with Crippen LogP contribution < -0.4 is 91.8 Å². The first kappa shape index (κ1) is 76.5. The van der Waals surface area contributed by atoms with Gasteiger partial charge in [-0.05, 0) is 40.5 Å². The molecule has 88 heavy (non-hydrogen) atoms. The molecular formula is C55H73N19O11RbS2+. The number of hydrogen-bond acceptors (Lipinski definition) is 24. The van der Waals surface area contributed by atoms with E-state index < -0.39 is 47.8 Å². The van der Waals surface area contributed by atoms with Crippen molar-refractivity contribution in [2.45, 2.75) is 125 Å². The Bertz CT molecular complexity index is 3070. The zero-order chi connectivity index (χ0) is 65.1. The topological polar surface area (TPSA) is 465 Å². The van der Waals surface area contributed by atoms with Gasteiger partial charge in [-0.2, -0.15) is 15.8 Å². The quantitative estimate of drug-likeness (QED) is 0.0227. The summed E-state index contributed by atoms with van der Waals surface area (Å²) < 4.78 is 10.9. The molecule has 33 heteroatoms. The van der Waals surface area contributed by atoms with Gasteiger partial charge in [0.05, 0.1) is 62.5 Å². The first-order valence-electron chi connectivity index (χ1n) is 27.0. The number of anilines is 2. The monoisotopic (exact) mass is 1320 g/mol. The number of ether oxygens (including phenoxy) is 2. The maximum atomic E-state index is 13.1. The molecule has 0 aromatic carbocycles. The van der Waals surface area contributed by atoms with Gasteiger partial charge in [0, 0.05) is 96.0 Å². The largest absolute Gasteiger partial charge is 1.00 e. The minimum absolute atomic E-state index is 0. The molecule has 3 aromatic heterocycles. The van der Waals surface area contributed by atoms with Crippen LogP contribution in [-0.4, -0.2) is 155 Å². The third-order valence-corrected chi connectivity index (χ3v) is 15.9. The van der Waals surface area contributed by atoms with Gasteiger partial charge in [-0.3, -0.25) is 43.3 Å². The van der Waals surface area contributed by atoms with E-state index in [0.29, 0.717) is 84.9 Å². The molecular weight excluding hydrogens is 1250 g/mol. The second kappa shape index (κ2) is 38.6. The minimum atomic E-state index is -1.09. The van der Waals surface area contributed by atoms with Gasteiger partial charge in [-0.15, -0.1) is 0 Å². The Balaban J connectivity index is 0.000000554. The van der Waals surface area contributed by atoms with Crippen LogP contribution in [0.1, 0.15) is 102 Å². The number of aromatic nitrogens is 6. The maximum Gasteiger partial charge on any atom is 1.00 e. The van der Waals surface area contributed by atoms with Crippen molar-refractivity contribution < 1.29 is 111 Å². The molecule has 5 heterocycles. The molecule has 0 saturated carbocycles. The summed E-state index contributed by atoms with van der Waals surface area (Å²) in [6.07, 6.45) is 9.07. The Kier molecular flexibility index (Phi) is 33.5. The van der Waals surface area contributed by atoms with Crippen molar-refractivity contribution in [1.29, 1.82) is 15.8 Å². The molecule has 3 aromatic rings. The molecule has 8 amide bonds. The fraction of sp³-hybridized carbons (Fsp3) is 0.473. The second-order valence-electron chi connectivity index (χ2n) is 19.9. The zero-order valence-corrected chi connectivity index (χ0v) is 57.4. The number of carbonyl (C=O) groups is 9. The van der Waals surface area contributed by atoms with Crippen LogP contribution in [-0.2, 0) is 67.3 Å². The summed E-state index contributed by atoms with van der Waals surface area (Å²) in [5.74, 6) is -1.95. The van der Waals surface area contributed by atoms with E-state index in [-0.39, 0.29) is 150 Å². The second-order valence-corrected chi connectivity index (χ2v) is 22.3. The number of amides is 8. The van der Waals surface area contributed by atoms with Gasteiger partial charge in [-0.1, -0.05) is 49.3 Å². The van der Waals surface area contributed by atoms with E-state index in [9.17, 15) is 43.2 Å². The van der Waals surface area contributed by atoms with Crippen molar-refractivity contribution in [1.82, 2.24) is 60.1 Å². The number of hydrogen-bond donors (Lipinski definition) is 7. The molecule has 11 N–H and O–H groups in total.